The van der Waals surface area contributed by atoms with Crippen molar-refractivity contribution in [3.8, 4) is 5.75 Å². The predicted octanol–water partition coefficient (Wildman–Crippen LogP) is 1.19. The SMILES string of the molecule is O=[N+]([O-])c1ccccc1OP(O)O. The highest BCUT2D eigenvalue weighted by atomic mass is 31.2. The summed E-state index contributed by atoms with van der Waals surface area (Å²) in [6.45, 7) is 0. The Morgan fingerprint density at radius 3 is 2.54 bits per heavy atom. The molecule has 7 heteroatoms. The van der Waals surface area contributed by atoms with E-state index in [1.165, 1.54) is 24.3 Å². The van der Waals surface area contributed by atoms with Gasteiger partial charge in [0.05, 0.1) is 4.92 Å². The molecule has 13 heavy (non-hydrogen) atoms. The quantitative estimate of drug-likeness (QED) is 0.437. The first kappa shape index (κ1) is 9.85. The van der Waals surface area contributed by atoms with Gasteiger partial charge in [-0.25, -0.2) is 0 Å². The summed E-state index contributed by atoms with van der Waals surface area (Å²) in [5.41, 5.74) is -0.293. The van der Waals surface area contributed by atoms with E-state index in [2.05, 4.69) is 4.52 Å². The monoisotopic (exact) mass is 203 g/mol. The van der Waals surface area contributed by atoms with Crippen LogP contribution in [0.4, 0.5) is 5.69 Å². The average Bonchev–Trinajstić information content (AvgIpc) is 2.03. The third kappa shape index (κ3) is 2.62. The van der Waals surface area contributed by atoms with E-state index >= 15 is 0 Å². The van der Waals surface area contributed by atoms with Gasteiger partial charge in [-0.05, 0) is 6.07 Å². The first-order valence-corrected chi connectivity index (χ1v) is 4.37. The minimum absolute atomic E-state index is 0.149. The first-order valence-electron chi connectivity index (χ1n) is 3.20. The van der Waals surface area contributed by atoms with Gasteiger partial charge in [0.25, 0.3) is 0 Å². The van der Waals surface area contributed by atoms with Gasteiger partial charge in [0.15, 0.2) is 0 Å². The molecular formula is C6H6NO5P. The average molecular weight is 203 g/mol. The number of benzene rings is 1. The first-order chi connectivity index (χ1) is 6.11. The standard InChI is InChI=1S/C6H6NO5P/c8-7(9)5-3-1-2-4-6(5)12-13(10)11/h1-4,10-11H. The Morgan fingerprint density at radius 2 is 2.00 bits per heavy atom. The van der Waals surface area contributed by atoms with E-state index < -0.39 is 13.5 Å². The molecule has 6 nitrogen and oxygen atoms in total. The summed E-state index contributed by atoms with van der Waals surface area (Å²) in [4.78, 5) is 26.7. The lowest BCUT2D eigenvalue weighted by molar-refractivity contribution is -0.385. The molecule has 0 aromatic heterocycles. The molecule has 0 aliphatic rings. The molecule has 0 aliphatic carbocycles. The zero-order chi connectivity index (χ0) is 9.84. The molecule has 0 saturated heterocycles. The molecule has 1 aromatic rings. The zero-order valence-electron chi connectivity index (χ0n) is 6.32. The van der Waals surface area contributed by atoms with Crippen molar-refractivity contribution >= 4 is 14.3 Å². The van der Waals surface area contributed by atoms with Crippen LogP contribution >= 0.6 is 8.60 Å². The smallest absolute Gasteiger partial charge is 0.391 e. The largest absolute Gasteiger partial charge is 0.420 e. The van der Waals surface area contributed by atoms with Gasteiger partial charge in [0, 0.05) is 6.07 Å². The van der Waals surface area contributed by atoms with E-state index in [0.717, 1.165) is 0 Å². The van der Waals surface area contributed by atoms with Gasteiger partial charge < -0.3 is 14.3 Å². The van der Waals surface area contributed by atoms with Crippen LogP contribution < -0.4 is 4.52 Å². The molecule has 0 radical (unpaired) electrons. The molecule has 0 amide bonds. The summed E-state index contributed by atoms with van der Waals surface area (Å²) in [5, 5.41) is 10.4. The lowest BCUT2D eigenvalue weighted by atomic mass is 10.3. The predicted molar refractivity (Wildman–Crippen MR) is 45.1 cm³/mol. The Hall–Kier alpha value is -1.23. The maximum absolute atomic E-state index is 10.4. The molecular weight excluding hydrogens is 197 g/mol. The molecule has 1 aromatic carbocycles. The van der Waals surface area contributed by atoms with Crippen molar-refractivity contribution in [1.82, 2.24) is 0 Å². The molecule has 0 heterocycles. The van der Waals surface area contributed by atoms with Crippen LogP contribution in [0.15, 0.2) is 24.3 Å². The van der Waals surface area contributed by atoms with Gasteiger partial charge in [-0.1, -0.05) is 12.1 Å². The van der Waals surface area contributed by atoms with Crippen LogP contribution in [0.1, 0.15) is 0 Å². The van der Waals surface area contributed by atoms with Crippen molar-refractivity contribution in [3.63, 3.8) is 0 Å². The van der Waals surface area contributed by atoms with Crippen LogP contribution in [0.5, 0.6) is 5.75 Å². The fourth-order valence-electron chi connectivity index (χ4n) is 0.773. The van der Waals surface area contributed by atoms with Crippen molar-refractivity contribution in [2.75, 3.05) is 0 Å². The number of nitro groups is 1. The van der Waals surface area contributed by atoms with E-state index in [4.69, 9.17) is 9.79 Å². The second-order valence-corrected chi connectivity index (χ2v) is 2.76. The van der Waals surface area contributed by atoms with Gasteiger partial charge in [0.2, 0.25) is 5.75 Å². The number of rotatable bonds is 3. The van der Waals surface area contributed by atoms with Crippen molar-refractivity contribution in [2.45, 2.75) is 0 Å². The van der Waals surface area contributed by atoms with E-state index in [9.17, 15) is 10.1 Å². The van der Waals surface area contributed by atoms with Crippen LogP contribution in [0.3, 0.4) is 0 Å². The molecule has 0 atom stereocenters. The van der Waals surface area contributed by atoms with E-state index in [0.29, 0.717) is 0 Å². The number of nitrogens with zero attached hydrogens (tertiary/aromatic N) is 1. The molecule has 0 fully saturated rings. The maximum atomic E-state index is 10.4. The summed E-state index contributed by atoms with van der Waals surface area (Å²) >= 11 is 0. The Bertz CT molecular complexity index is 316. The third-order valence-electron chi connectivity index (χ3n) is 1.24. The van der Waals surface area contributed by atoms with Crippen LogP contribution in [0.25, 0.3) is 0 Å². The van der Waals surface area contributed by atoms with Crippen LogP contribution in [0.2, 0.25) is 0 Å². The molecule has 0 bridgehead atoms. The Labute approximate surface area is 74.5 Å². The summed E-state index contributed by atoms with van der Waals surface area (Å²) in [6, 6.07) is 5.47. The van der Waals surface area contributed by atoms with Crippen molar-refractivity contribution < 1.29 is 19.2 Å². The molecule has 0 saturated carbocycles. The second kappa shape index (κ2) is 4.13. The Balaban J connectivity index is 2.98. The van der Waals surface area contributed by atoms with Gasteiger partial charge >= 0.3 is 14.3 Å². The fourth-order valence-corrected chi connectivity index (χ4v) is 1.10. The van der Waals surface area contributed by atoms with Crippen molar-refractivity contribution in [1.29, 1.82) is 0 Å². The number of para-hydroxylation sites is 2. The third-order valence-corrected chi connectivity index (χ3v) is 1.60. The topological polar surface area (TPSA) is 92.8 Å². The highest BCUT2D eigenvalue weighted by Gasteiger charge is 2.16. The molecule has 0 spiro atoms. The van der Waals surface area contributed by atoms with Crippen molar-refractivity contribution in [2.24, 2.45) is 0 Å². The Kier molecular flexibility index (Phi) is 3.13. The van der Waals surface area contributed by atoms with E-state index in [-0.39, 0.29) is 11.4 Å². The van der Waals surface area contributed by atoms with Gasteiger partial charge in [-0.3, -0.25) is 10.1 Å². The highest BCUT2D eigenvalue weighted by molar-refractivity contribution is 7.39. The summed E-state index contributed by atoms with van der Waals surface area (Å²) in [7, 11) is -2.62. The molecule has 1 rings (SSSR count). The lowest BCUT2D eigenvalue weighted by Crippen LogP contribution is -1.93. The normalized spacial score (nSPS) is 10.1. The van der Waals surface area contributed by atoms with Gasteiger partial charge in [-0.15, -0.1) is 0 Å². The summed E-state index contributed by atoms with van der Waals surface area (Å²) in [5.74, 6) is -0.149. The molecule has 0 unspecified atom stereocenters. The zero-order valence-corrected chi connectivity index (χ0v) is 7.22. The molecule has 70 valence electrons. The number of hydrogen-bond acceptors (Lipinski definition) is 5. The van der Waals surface area contributed by atoms with Crippen LogP contribution in [0, 0.1) is 10.1 Å². The maximum Gasteiger partial charge on any atom is 0.391 e. The Morgan fingerprint density at radius 1 is 1.38 bits per heavy atom. The van der Waals surface area contributed by atoms with E-state index in [1.54, 1.807) is 0 Å². The minimum atomic E-state index is -2.62. The summed E-state index contributed by atoms with van der Waals surface area (Å²) in [6.07, 6.45) is 0. The second-order valence-electron chi connectivity index (χ2n) is 2.07. The summed E-state index contributed by atoms with van der Waals surface area (Å²) < 4.78 is 4.44. The minimum Gasteiger partial charge on any atom is -0.420 e. The van der Waals surface area contributed by atoms with Crippen LogP contribution in [-0.2, 0) is 0 Å². The van der Waals surface area contributed by atoms with Gasteiger partial charge in [0.1, 0.15) is 0 Å². The number of nitro benzene ring substituents is 1. The number of hydrogen-bond donors (Lipinski definition) is 2. The highest BCUT2D eigenvalue weighted by Crippen LogP contribution is 2.35. The molecule has 2 N–H and O–H groups in total. The molecule has 0 aliphatic heterocycles. The van der Waals surface area contributed by atoms with Crippen LogP contribution in [-0.4, -0.2) is 14.7 Å². The lowest BCUT2D eigenvalue weighted by Gasteiger charge is -2.04. The van der Waals surface area contributed by atoms with E-state index in [1.807, 2.05) is 0 Å². The van der Waals surface area contributed by atoms with Gasteiger partial charge in [-0.2, -0.15) is 0 Å². The van der Waals surface area contributed by atoms with Crippen molar-refractivity contribution in [3.05, 3.63) is 34.4 Å². The fraction of sp³-hybridized carbons (Fsp3) is 0.